The number of carbonyl (C=O) groups excluding carboxylic acids is 2. The van der Waals surface area contributed by atoms with Crippen LogP contribution in [0, 0.1) is 17.3 Å². The van der Waals surface area contributed by atoms with E-state index in [1.807, 2.05) is 51.9 Å². The average molecular weight is 786 g/mol. The summed E-state index contributed by atoms with van der Waals surface area (Å²) in [5, 5.41) is 16.7. The van der Waals surface area contributed by atoms with Gasteiger partial charge < -0.3 is 29.9 Å². The number of hydrogen-bond acceptors (Lipinski definition) is 8. The Labute approximate surface area is 339 Å². The third-order valence-electron chi connectivity index (χ3n) is 13.0. The maximum Gasteiger partial charge on any atom is 0.411 e. The van der Waals surface area contributed by atoms with Gasteiger partial charge >= 0.3 is 12.2 Å². The fourth-order valence-corrected chi connectivity index (χ4v) is 9.79. The lowest BCUT2D eigenvalue weighted by Gasteiger charge is -2.36. The zero-order valence-corrected chi connectivity index (χ0v) is 34.3. The minimum Gasteiger partial charge on any atom is -0.453 e. The molecule has 2 aliphatic carbocycles. The molecule has 2 aromatic heterocycles. The highest BCUT2D eigenvalue weighted by Crippen LogP contribution is 2.59. The van der Waals surface area contributed by atoms with Crippen LogP contribution in [0.2, 0.25) is 0 Å². The number of imidazole rings is 2. The lowest BCUT2D eigenvalue weighted by atomic mass is 9.98. The number of carbonyl (C=O) groups is 2. The molecule has 3 aromatic carbocycles. The number of aromatic amines is 2. The number of aromatic nitrogens is 4. The summed E-state index contributed by atoms with van der Waals surface area (Å²) in [6.07, 6.45) is 8.40. The molecule has 9 rings (SSSR count). The number of methoxy groups -OCH3 is 1. The van der Waals surface area contributed by atoms with Gasteiger partial charge in [-0.3, -0.25) is 9.80 Å². The van der Waals surface area contributed by atoms with Crippen LogP contribution >= 0.6 is 0 Å². The van der Waals surface area contributed by atoms with Crippen molar-refractivity contribution in [2.24, 2.45) is 17.3 Å². The number of nitrogens with zero attached hydrogens (tertiary/aromatic N) is 4. The van der Waals surface area contributed by atoms with Crippen molar-refractivity contribution in [1.29, 1.82) is 0 Å². The maximum absolute atomic E-state index is 13.3. The van der Waals surface area contributed by atoms with Crippen LogP contribution in [-0.2, 0) is 9.47 Å². The first-order valence-electron chi connectivity index (χ1n) is 20.8. The number of rotatable bonds is 9. The molecule has 1 unspecified atom stereocenters. The van der Waals surface area contributed by atoms with Crippen molar-refractivity contribution in [3.63, 3.8) is 0 Å². The van der Waals surface area contributed by atoms with Gasteiger partial charge in [-0.05, 0) is 116 Å². The van der Waals surface area contributed by atoms with E-state index in [0.717, 1.165) is 101 Å². The summed E-state index contributed by atoms with van der Waals surface area (Å²) in [6, 6.07) is 21.1. The summed E-state index contributed by atoms with van der Waals surface area (Å²) < 4.78 is 10.7. The molecule has 12 nitrogen and oxygen atoms in total. The molecule has 1 spiro atoms. The molecule has 12 heteroatoms. The number of fused-ring (bicyclic) bond motifs is 3. The topological polar surface area (TPSA) is 149 Å². The Hall–Kier alpha value is -5.20. The Morgan fingerprint density at radius 3 is 2.17 bits per heavy atom. The van der Waals surface area contributed by atoms with E-state index in [9.17, 15) is 14.7 Å². The van der Waals surface area contributed by atoms with Gasteiger partial charge in [0.05, 0.1) is 49.0 Å². The van der Waals surface area contributed by atoms with Crippen molar-refractivity contribution >= 4 is 23.0 Å². The predicted octanol–water partition coefficient (Wildman–Crippen LogP) is 8.97. The van der Waals surface area contributed by atoms with E-state index in [4.69, 9.17) is 19.4 Å². The summed E-state index contributed by atoms with van der Waals surface area (Å²) in [5.74, 6) is 2.05. The molecule has 4 fully saturated rings. The fourth-order valence-electron chi connectivity index (χ4n) is 9.79. The van der Waals surface area contributed by atoms with Crippen molar-refractivity contribution in [2.45, 2.75) is 109 Å². The van der Waals surface area contributed by atoms with Crippen LogP contribution in [0.1, 0.15) is 96.9 Å². The highest BCUT2D eigenvalue weighted by Gasteiger charge is 2.55. The van der Waals surface area contributed by atoms with E-state index in [1.165, 1.54) is 7.11 Å². The molecule has 2 saturated carbocycles. The maximum atomic E-state index is 13.3. The Morgan fingerprint density at radius 2 is 1.50 bits per heavy atom. The fraction of sp³-hybridized carbons (Fsp3) is 0.478. The van der Waals surface area contributed by atoms with Crippen molar-refractivity contribution in [1.82, 2.24) is 35.1 Å². The number of alkyl carbamates (subject to hydrolysis) is 1. The minimum atomic E-state index is -0.876. The molecule has 0 radical (unpaired) electrons. The number of likely N-dealkylation sites (tertiary alicyclic amines) is 2. The quantitative estimate of drug-likeness (QED) is 0.116. The minimum absolute atomic E-state index is 0.00443. The van der Waals surface area contributed by atoms with Crippen LogP contribution in [-0.4, -0.2) is 84.6 Å². The van der Waals surface area contributed by atoms with Gasteiger partial charge in [0.1, 0.15) is 23.5 Å². The summed E-state index contributed by atoms with van der Waals surface area (Å²) in [5.41, 5.74) is 5.83. The second-order valence-electron chi connectivity index (χ2n) is 18.5. The Morgan fingerprint density at radius 1 is 0.879 bits per heavy atom. The van der Waals surface area contributed by atoms with E-state index in [2.05, 4.69) is 80.8 Å². The molecule has 58 heavy (non-hydrogen) atoms. The number of benzene rings is 3. The second-order valence-corrected chi connectivity index (χ2v) is 18.5. The first-order valence-corrected chi connectivity index (χ1v) is 20.8. The van der Waals surface area contributed by atoms with Crippen molar-refractivity contribution in [2.75, 3.05) is 13.7 Å². The van der Waals surface area contributed by atoms with E-state index < -0.39 is 24.0 Å². The van der Waals surface area contributed by atoms with Gasteiger partial charge in [-0.1, -0.05) is 62.4 Å². The van der Waals surface area contributed by atoms with Gasteiger partial charge in [-0.15, -0.1) is 0 Å². The number of H-pyrrole nitrogens is 2. The lowest BCUT2D eigenvalue weighted by molar-refractivity contribution is -0.0457. The van der Waals surface area contributed by atoms with Gasteiger partial charge in [0.25, 0.3) is 0 Å². The molecule has 4 heterocycles. The summed E-state index contributed by atoms with van der Waals surface area (Å²) >= 11 is 0. The molecule has 4 aliphatic rings. The Balaban J connectivity index is 0.894. The number of nitrogens with one attached hydrogen (secondary N) is 3. The van der Waals surface area contributed by atoms with Gasteiger partial charge in [0.15, 0.2) is 0 Å². The monoisotopic (exact) mass is 785 g/mol. The van der Waals surface area contributed by atoms with Crippen LogP contribution in [0.15, 0.2) is 73.1 Å². The molecule has 5 aromatic rings. The molecule has 4 N–H and O–H groups in total. The Bertz CT molecular complexity index is 2320. The number of hydrogen-bond donors (Lipinski definition) is 4. The van der Waals surface area contributed by atoms with Gasteiger partial charge in [0.2, 0.25) is 0 Å². The summed E-state index contributed by atoms with van der Waals surface area (Å²) in [6.45, 7) is 10.5. The first kappa shape index (κ1) is 38.3. The van der Waals surface area contributed by atoms with Crippen molar-refractivity contribution in [3.05, 3.63) is 84.7 Å². The van der Waals surface area contributed by atoms with Gasteiger partial charge in [0, 0.05) is 18.2 Å². The van der Waals surface area contributed by atoms with Crippen LogP contribution in [0.5, 0.6) is 0 Å². The van der Waals surface area contributed by atoms with Crippen LogP contribution in [0.25, 0.3) is 44.4 Å². The smallest absolute Gasteiger partial charge is 0.411 e. The van der Waals surface area contributed by atoms with E-state index >= 15 is 0 Å². The first-order chi connectivity index (χ1) is 27.8. The summed E-state index contributed by atoms with van der Waals surface area (Å²) in [7, 11) is 1.34. The molecule has 2 bridgehead atoms. The highest BCUT2D eigenvalue weighted by atomic mass is 16.6. The molecule has 2 saturated heterocycles. The molecule has 2 amide bonds. The zero-order valence-electron chi connectivity index (χ0n) is 34.3. The van der Waals surface area contributed by atoms with E-state index in [-0.39, 0.29) is 35.6 Å². The number of aliphatic hydroxyl groups excluding tert-OH is 1. The Kier molecular flexibility index (Phi) is 9.62. The van der Waals surface area contributed by atoms with Crippen LogP contribution in [0.3, 0.4) is 0 Å². The standard InChI is InChI=1S/C46H55N7O5/c1-26(2)38(51-43(55)57-6)42(54)52-25-46(17-18-46)22-37(52)40-47-23-35(49-40)28-9-7-27(8-10-28)29-11-12-31-20-32(14-13-30(31)19-29)36-24-48-41(50-36)39-33-15-16-34(21-33)53(39)44(56)58-45(3,4)5/h7-14,19-20,23-24,26,33-34,37-39,42,54H,15-18,21-22,25H2,1-6H3,(H,47,49)(H,48,50)(H,51,55)/t33-,34+,37-,38-,39-,42?/m0/s1. The van der Waals surface area contributed by atoms with Crippen LogP contribution in [0.4, 0.5) is 9.59 Å². The average Bonchev–Trinajstić information content (AvgIpc) is 3.83. The van der Waals surface area contributed by atoms with E-state index in [1.54, 1.807) is 0 Å². The highest BCUT2D eigenvalue weighted by molar-refractivity contribution is 5.90. The number of amides is 2. The lowest BCUT2D eigenvalue weighted by Crippen LogP contribution is -2.54. The normalized spacial score (nSPS) is 23.5. The number of piperidine rings is 1. The van der Waals surface area contributed by atoms with Gasteiger partial charge in [-0.25, -0.2) is 19.6 Å². The van der Waals surface area contributed by atoms with Gasteiger partial charge in [-0.2, -0.15) is 0 Å². The molecule has 304 valence electrons. The third-order valence-corrected chi connectivity index (χ3v) is 13.0. The largest absolute Gasteiger partial charge is 0.453 e. The van der Waals surface area contributed by atoms with E-state index in [0.29, 0.717) is 5.92 Å². The second kappa shape index (κ2) is 14.6. The van der Waals surface area contributed by atoms with Crippen LogP contribution < -0.4 is 5.32 Å². The number of aliphatic hydroxyl groups is 1. The molecular formula is C46H55N7O5. The van der Waals surface area contributed by atoms with Crippen molar-refractivity contribution < 1.29 is 24.2 Å². The molecular weight excluding hydrogens is 731 g/mol. The SMILES string of the molecule is COC(=O)N[C@@H](C(C)C)C(O)N1CC2(CC2)C[C@H]1c1ncc(-c2ccc(-c3ccc4cc(-c5cnc([C@@H]6[C@H]7CC[C@H](C7)N6C(=O)OC(C)(C)C)[nH]5)ccc4c3)cc2)[nH]1. The predicted molar refractivity (Wildman–Crippen MR) is 222 cm³/mol. The third kappa shape index (κ3) is 7.25. The molecule has 6 atom stereocenters. The molecule has 2 aliphatic heterocycles. The zero-order chi connectivity index (χ0) is 40.5. The number of ether oxygens (including phenoxy) is 2. The summed E-state index contributed by atoms with van der Waals surface area (Å²) in [4.78, 5) is 46.2. The van der Waals surface area contributed by atoms with Crippen molar-refractivity contribution in [3.8, 4) is 33.6 Å².